The predicted molar refractivity (Wildman–Crippen MR) is 107 cm³/mol. The van der Waals surface area contributed by atoms with Crippen molar-refractivity contribution in [1.82, 2.24) is 10.1 Å². The molecule has 0 saturated carbocycles. The second-order valence-corrected chi connectivity index (χ2v) is 7.36. The van der Waals surface area contributed by atoms with E-state index in [0.29, 0.717) is 23.4 Å². The quantitative estimate of drug-likeness (QED) is 0.433. The molecule has 3 aromatic rings. The Morgan fingerprint density at radius 3 is 2.55 bits per heavy atom. The first-order valence-corrected chi connectivity index (χ1v) is 9.50. The molecule has 29 heavy (non-hydrogen) atoms. The number of nitrogens with zero attached hydrogens (tertiary/aromatic N) is 2. The Hall–Kier alpha value is -3.22. The van der Waals surface area contributed by atoms with Crippen molar-refractivity contribution in [1.29, 1.82) is 0 Å². The SMILES string of the molecule is CCC(C)(C)C(=O)OCCOC(=O)c1noc(C)c1-c1ccc2ccccc2n1. The van der Waals surface area contributed by atoms with Crippen LogP contribution in [0.4, 0.5) is 0 Å². The lowest BCUT2D eigenvalue weighted by Gasteiger charge is -2.20. The number of esters is 2. The first-order chi connectivity index (χ1) is 13.8. The molecule has 0 aliphatic carbocycles. The Labute approximate surface area is 169 Å². The third kappa shape index (κ3) is 4.45. The van der Waals surface area contributed by atoms with E-state index in [1.54, 1.807) is 6.92 Å². The van der Waals surface area contributed by atoms with E-state index >= 15 is 0 Å². The number of hydrogen-bond donors (Lipinski definition) is 0. The summed E-state index contributed by atoms with van der Waals surface area (Å²) in [5, 5.41) is 4.83. The van der Waals surface area contributed by atoms with Crippen molar-refractivity contribution in [2.45, 2.75) is 34.1 Å². The maximum absolute atomic E-state index is 12.5. The van der Waals surface area contributed by atoms with Crippen molar-refractivity contribution in [2.24, 2.45) is 5.41 Å². The number of aromatic nitrogens is 2. The molecular weight excluding hydrogens is 372 g/mol. The molecule has 1 aromatic carbocycles. The number of rotatable bonds is 7. The van der Waals surface area contributed by atoms with Gasteiger partial charge in [0.25, 0.3) is 0 Å². The Morgan fingerprint density at radius 2 is 1.79 bits per heavy atom. The van der Waals surface area contributed by atoms with Gasteiger partial charge in [-0.1, -0.05) is 36.3 Å². The minimum Gasteiger partial charge on any atom is -0.462 e. The molecule has 0 atom stereocenters. The van der Waals surface area contributed by atoms with Gasteiger partial charge in [-0.25, -0.2) is 9.78 Å². The Morgan fingerprint density at radius 1 is 1.07 bits per heavy atom. The van der Waals surface area contributed by atoms with E-state index in [1.165, 1.54) is 0 Å². The second-order valence-electron chi connectivity index (χ2n) is 7.36. The molecule has 2 aromatic heterocycles. The summed E-state index contributed by atoms with van der Waals surface area (Å²) in [5.74, 6) is -0.511. The van der Waals surface area contributed by atoms with Gasteiger partial charge >= 0.3 is 11.9 Å². The van der Waals surface area contributed by atoms with Crippen molar-refractivity contribution in [2.75, 3.05) is 13.2 Å². The Balaban J connectivity index is 1.70. The molecule has 0 aliphatic heterocycles. The highest BCUT2D eigenvalue weighted by Gasteiger charge is 2.27. The number of pyridine rings is 1. The van der Waals surface area contributed by atoms with E-state index in [0.717, 1.165) is 10.9 Å². The monoisotopic (exact) mass is 396 g/mol. The summed E-state index contributed by atoms with van der Waals surface area (Å²) in [6.45, 7) is 7.15. The van der Waals surface area contributed by atoms with Gasteiger partial charge in [-0.15, -0.1) is 0 Å². The van der Waals surface area contributed by atoms with E-state index in [9.17, 15) is 9.59 Å². The lowest BCUT2D eigenvalue weighted by Crippen LogP contribution is -2.27. The van der Waals surface area contributed by atoms with Crippen LogP contribution in [0.25, 0.3) is 22.2 Å². The average Bonchev–Trinajstić information content (AvgIpc) is 3.11. The first-order valence-electron chi connectivity index (χ1n) is 9.50. The fraction of sp³-hybridized carbons (Fsp3) is 0.364. The van der Waals surface area contributed by atoms with E-state index < -0.39 is 11.4 Å². The topological polar surface area (TPSA) is 91.5 Å². The molecule has 7 nitrogen and oxygen atoms in total. The third-order valence-electron chi connectivity index (χ3n) is 4.90. The van der Waals surface area contributed by atoms with Gasteiger partial charge in [0, 0.05) is 5.39 Å². The molecule has 0 unspecified atom stereocenters. The molecule has 2 heterocycles. The summed E-state index contributed by atoms with van der Waals surface area (Å²) in [6, 6.07) is 11.4. The minimum absolute atomic E-state index is 0.0194. The van der Waals surface area contributed by atoms with Crippen molar-refractivity contribution >= 4 is 22.8 Å². The van der Waals surface area contributed by atoms with Gasteiger partial charge in [0.05, 0.1) is 22.2 Å². The van der Waals surface area contributed by atoms with E-state index in [4.69, 9.17) is 14.0 Å². The molecule has 152 valence electrons. The minimum atomic E-state index is -0.655. The standard InChI is InChI=1S/C22H24N2O5/c1-5-22(3,4)21(26)28-13-12-27-20(25)19-18(14(2)29-24-19)17-11-10-15-8-6-7-9-16(15)23-17/h6-11H,5,12-13H2,1-4H3. The fourth-order valence-electron chi connectivity index (χ4n) is 2.70. The summed E-state index contributed by atoms with van der Waals surface area (Å²) in [7, 11) is 0. The number of aryl methyl sites for hydroxylation is 1. The summed E-state index contributed by atoms with van der Waals surface area (Å²) in [5.41, 5.74) is 1.35. The van der Waals surface area contributed by atoms with Crippen molar-refractivity contribution in [3.63, 3.8) is 0 Å². The lowest BCUT2D eigenvalue weighted by molar-refractivity contribution is -0.155. The molecule has 0 radical (unpaired) electrons. The van der Waals surface area contributed by atoms with Crippen LogP contribution in [-0.4, -0.2) is 35.3 Å². The fourth-order valence-corrected chi connectivity index (χ4v) is 2.70. The van der Waals surface area contributed by atoms with Gasteiger partial charge in [-0.3, -0.25) is 4.79 Å². The molecule has 0 fully saturated rings. The molecule has 7 heteroatoms. The van der Waals surface area contributed by atoms with E-state index in [2.05, 4.69) is 10.1 Å². The van der Waals surface area contributed by atoms with Crippen LogP contribution in [0.5, 0.6) is 0 Å². The van der Waals surface area contributed by atoms with Gasteiger partial charge in [0.2, 0.25) is 5.69 Å². The zero-order valence-corrected chi connectivity index (χ0v) is 17.0. The van der Waals surface area contributed by atoms with Crippen LogP contribution in [0.3, 0.4) is 0 Å². The maximum Gasteiger partial charge on any atom is 0.361 e. The van der Waals surface area contributed by atoms with Gasteiger partial charge in [0.15, 0.2) is 0 Å². The molecule has 0 spiro atoms. The summed E-state index contributed by atoms with van der Waals surface area (Å²) in [6.07, 6.45) is 0.659. The Kier molecular flexibility index (Phi) is 5.96. The highest BCUT2D eigenvalue weighted by molar-refractivity contribution is 5.96. The first kappa shape index (κ1) is 20.5. The molecule has 0 aliphatic rings. The highest BCUT2D eigenvalue weighted by atomic mass is 16.6. The smallest absolute Gasteiger partial charge is 0.361 e. The molecule has 0 saturated heterocycles. The number of carbonyl (C=O) groups is 2. The van der Waals surface area contributed by atoms with Crippen LogP contribution in [0, 0.1) is 12.3 Å². The zero-order chi connectivity index (χ0) is 21.0. The second kappa shape index (κ2) is 8.43. The Bertz CT molecular complexity index is 1040. The summed E-state index contributed by atoms with van der Waals surface area (Å²) in [4.78, 5) is 29.1. The van der Waals surface area contributed by atoms with Crippen LogP contribution < -0.4 is 0 Å². The zero-order valence-electron chi connectivity index (χ0n) is 17.0. The molecular formula is C22H24N2O5. The van der Waals surface area contributed by atoms with Crippen molar-refractivity contribution in [3.05, 3.63) is 47.9 Å². The maximum atomic E-state index is 12.5. The van der Waals surface area contributed by atoms with Gasteiger partial charge < -0.3 is 14.0 Å². The average molecular weight is 396 g/mol. The van der Waals surface area contributed by atoms with Gasteiger partial charge in [-0.05, 0) is 39.3 Å². The van der Waals surface area contributed by atoms with E-state index in [1.807, 2.05) is 57.2 Å². The number of para-hydroxylation sites is 1. The van der Waals surface area contributed by atoms with Crippen LogP contribution in [0.15, 0.2) is 40.9 Å². The normalized spacial score (nSPS) is 11.4. The number of fused-ring (bicyclic) bond motifs is 1. The largest absolute Gasteiger partial charge is 0.462 e. The molecule has 0 N–H and O–H groups in total. The number of hydrogen-bond acceptors (Lipinski definition) is 7. The van der Waals surface area contributed by atoms with Gasteiger partial charge in [-0.2, -0.15) is 0 Å². The van der Waals surface area contributed by atoms with Crippen LogP contribution in [-0.2, 0) is 14.3 Å². The van der Waals surface area contributed by atoms with Crippen LogP contribution >= 0.6 is 0 Å². The van der Waals surface area contributed by atoms with Crippen LogP contribution in [0.1, 0.15) is 43.4 Å². The van der Waals surface area contributed by atoms with Gasteiger partial charge in [0.1, 0.15) is 19.0 Å². The van der Waals surface area contributed by atoms with Crippen molar-refractivity contribution in [3.8, 4) is 11.3 Å². The van der Waals surface area contributed by atoms with Crippen LogP contribution in [0.2, 0.25) is 0 Å². The predicted octanol–water partition coefficient (Wildman–Crippen LogP) is 4.33. The van der Waals surface area contributed by atoms with E-state index in [-0.39, 0.29) is 24.9 Å². The number of carbonyl (C=O) groups excluding carboxylic acids is 2. The molecule has 0 bridgehead atoms. The molecule has 0 amide bonds. The summed E-state index contributed by atoms with van der Waals surface area (Å²) >= 11 is 0. The number of ether oxygens (including phenoxy) is 2. The molecule has 3 rings (SSSR count). The number of benzene rings is 1. The van der Waals surface area contributed by atoms with Crippen molar-refractivity contribution < 1.29 is 23.6 Å². The summed E-state index contributed by atoms with van der Waals surface area (Å²) < 4.78 is 15.6. The highest BCUT2D eigenvalue weighted by Crippen LogP contribution is 2.28. The third-order valence-corrected chi connectivity index (χ3v) is 4.90. The lowest BCUT2D eigenvalue weighted by atomic mass is 9.91.